The minimum absolute atomic E-state index is 0.144. The van der Waals surface area contributed by atoms with Gasteiger partial charge in [-0.2, -0.15) is 9.15 Å². The molecule has 1 spiro atoms. The summed E-state index contributed by atoms with van der Waals surface area (Å²) in [4.78, 5) is 2.80. The van der Waals surface area contributed by atoms with Crippen LogP contribution in [0.4, 0.5) is 0 Å². The van der Waals surface area contributed by atoms with Crippen molar-refractivity contribution in [3.8, 4) is 11.1 Å². The first-order chi connectivity index (χ1) is 14.2. The lowest BCUT2D eigenvalue weighted by Crippen LogP contribution is -2.55. The van der Waals surface area contributed by atoms with Gasteiger partial charge in [0, 0.05) is 33.3 Å². The molecule has 3 aromatic rings. The third-order valence-corrected chi connectivity index (χ3v) is 9.35. The summed E-state index contributed by atoms with van der Waals surface area (Å²) in [5.41, 5.74) is 6.68. The molecule has 1 unspecified atom stereocenters. The number of hydrogen-bond donors (Lipinski definition) is 0. The summed E-state index contributed by atoms with van der Waals surface area (Å²) >= 11 is 4.04. The van der Waals surface area contributed by atoms with Gasteiger partial charge in [0.25, 0.3) is 0 Å². The molecule has 0 aromatic heterocycles. The number of aryl methyl sites for hydroxylation is 1. The van der Waals surface area contributed by atoms with Crippen molar-refractivity contribution in [2.24, 2.45) is 0 Å². The maximum Gasteiger partial charge on any atom is 0.460 e. The first-order valence-corrected chi connectivity index (χ1v) is 11.8. The number of fused-ring (bicyclic) bond motifs is 2. The average Bonchev–Trinajstić information content (AvgIpc) is 2.76. The van der Waals surface area contributed by atoms with E-state index in [0.717, 1.165) is 13.1 Å². The Morgan fingerprint density at radius 3 is 2.14 bits per heavy atom. The largest absolute Gasteiger partial charge is 0.460 e. The molecule has 1 atom stereocenters. The third kappa shape index (κ3) is 2.66. The van der Waals surface area contributed by atoms with E-state index in [1.165, 1.54) is 44.0 Å². The van der Waals surface area contributed by atoms with Crippen LogP contribution in [0.15, 0.2) is 76.5 Å². The maximum absolute atomic E-state index is 2.56. The summed E-state index contributed by atoms with van der Waals surface area (Å²) in [7, 11) is 0. The molecule has 29 heavy (non-hydrogen) atoms. The van der Waals surface area contributed by atoms with Crippen molar-refractivity contribution in [2.45, 2.75) is 27.5 Å². The topological polar surface area (TPSA) is 6.02 Å². The number of hydrogen-bond acceptors (Lipinski definition) is 2. The normalized spacial score (nSPS) is 21.8. The summed E-state index contributed by atoms with van der Waals surface area (Å²) in [6.07, 6.45) is 5.97. The molecule has 4 heteroatoms. The van der Waals surface area contributed by atoms with Gasteiger partial charge in [0.1, 0.15) is 0 Å². The highest BCUT2D eigenvalue weighted by atomic mass is 32.2. The molecule has 6 rings (SSSR count). The van der Waals surface area contributed by atoms with E-state index in [4.69, 9.17) is 0 Å². The van der Waals surface area contributed by atoms with Crippen LogP contribution in [0.5, 0.6) is 0 Å². The quantitative estimate of drug-likeness (QED) is 0.488. The fraction of sp³-hybridized carbons (Fsp3) is 0.200. The summed E-state index contributed by atoms with van der Waals surface area (Å²) in [6, 6.07) is 24.2. The highest BCUT2D eigenvalue weighted by molar-refractivity contribution is 8.17. The van der Waals surface area contributed by atoms with E-state index >= 15 is 0 Å². The molecule has 3 heterocycles. The fourth-order valence-corrected chi connectivity index (χ4v) is 7.79. The summed E-state index contributed by atoms with van der Waals surface area (Å²) < 4.78 is 4.99. The molecule has 3 aromatic carbocycles. The van der Waals surface area contributed by atoms with Crippen LogP contribution in [0.2, 0.25) is 0 Å². The molecule has 0 radical (unpaired) electrons. The SMILES string of the molecule is Cc1cccc2c1SC13Sc4c(cccc4-c4ccccc4)C=[N+]1CCC[N+]3=C2. The second kappa shape index (κ2) is 6.61. The molecule has 0 amide bonds. The number of benzene rings is 3. The van der Waals surface area contributed by atoms with Crippen molar-refractivity contribution in [2.75, 3.05) is 13.1 Å². The monoisotopic (exact) mass is 414 g/mol. The van der Waals surface area contributed by atoms with Crippen molar-refractivity contribution >= 4 is 36.0 Å². The molecule has 0 aliphatic carbocycles. The second-order valence-electron chi connectivity index (χ2n) is 7.83. The van der Waals surface area contributed by atoms with Crippen LogP contribution in [0.3, 0.4) is 0 Å². The van der Waals surface area contributed by atoms with Crippen molar-refractivity contribution < 1.29 is 9.15 Å². The van der Waals surface area contributed by atoms with Crippen LogP contribution in [0.25, 0.3) is 11.1 Å². The van der Waals surface area contributed by atoms with E-state index in [1.54, 1.807) is 0 Å². The van der Waals surface area contributed by atoms with Crippen LogP contribution in [0, 0.1) is 6.92 Å². The van der Waals surface area contributed by atoms with Crippen LogP contribution >= 0.6 is 23.5 Å². The molecule has 3 aliphatic heterocycles. The standard InChI is InChI=1S/C25H22N2S2/c1-18-8-5-11-20-16-26-14-7-15-27-17-21-12-6-13-22(19-9-3-2-4-10-19)24(21)29-25(26,27)28-23(18)20/h2-6,8-13,16-17H,7,14-15H2,1H3/q+2. The van der Waals surface area contributed by atoms with Crippen LogP contribution in [-0.2, 0) is 0 Å². The van der Waals surface area contributed by atoms with Gasteiger partial charge in [0.2, 0.25) is 0 Å². The molecule has 1 saturated heterocycles. The van der Waals surface area contributed by atoms with Crippen LogP contribution in [-0.4, -0.2) is 39.0 Å². The lowest BCUT2D eigenvalue weighted by molar-refractivity contribution is -0.784. The van der Waals surface area contributed by atoms with Crippen LogP contribution < -0.4 is 0 Å². The lowest BCUT2D eigenvalue weighted by Gasteiger charge is -2.35. The minimum atomic E-state index is -0.144. The number of thioether (sulfide) groups is 2. The first kappa shape index (κ1) is 17.5. The number of nitrogens with zero attached hydrogens (tertiary/aromatic N) is 2. The van der Waals surface area contributed by atoms with E-state index in [9.17, 15) is 0 Å². The highest BCUT2D eigenvalue weighted by Gasteiger charge is 2.61. The Hall–Kier alpha value is -2.30. The van der Waals surface area contributed by atoms with E-state index in [1.807, 2.05) is 23.5 Å². The molecular formula is C25H22N2S2+2. The van der Waals surface area contributed by atoms with E-state index in [-0.39, 0.29) is 4.33 Å². The van der Waals surface area contributed by atoms with E-state index in [2.05, 4.69) is 95.2 Å². The van der Waals surface area contributed by atoms with Gasteiger partial charge in [-0.3, -0.25) is 0 Å². The Labute approximate surface area is 180 Å². The van der Waals surface area contributed by atoms with Crippen molar-refractivity contribution in [3.63, 3.8) is 0 Å². The molecule has 2 nitrogen and oxygen atoms in total. The van der Waals surface area contributed by atoms with Crippen molar-refractivity contribution in [3.05, 3.63) is 83.4 Å². The Morgan fingerprint density at radius 1 is 0.724 bits per heavy atom. The van der Waals surface area contributed by atoms with Gasteiger partial charge < -0.3 is 0 Å². The predicted molar refractivity (Wildman–Crippen MR) is 123 cm³/mol. The minimum Gasteiger partial charge on any atom is -0.152 e. The predicted octanol–water partition coefficient (Wildman–Crippen LogP) is 5.45. The highest BCUT2D eigenvalue weighted by Crippen LogP contribution is 2.55. The van der Waals surface area contributed by atoms with Gasteiger partial charge in [-0.05, 0) is 35.7 Å². The summed E-state index contributed by atoms with van der Waals surface area (Å²) in [5.74, 6) is 0. The fourth-order valence-electron chi connectivity index (χ4n) is 4.54. The van der Waals surface area contributed by atoms with Gasteiger partial charge in [-0.1, -0.05) is 54.6 Å². The Bertz CT molecular complexity index is 1200. The molecule has 1 fully saturated rings. The lowest BCUT2D eigenvalue weighted by atomic mass is 10.0. The molecule has 0 bridgehead atoms. The summed E-state index contributed by atoms with van der Waals surface area (Å²) in [5, 5.41) is 0. The van der Waals surface area contributed by atoms with Crippen molar-refractivity contribution in [1.82, 2.24) is 0 Å². The smallest absolute Gasteiger partial charge is 0.152 e. The summed E-state index contributed by atoms with van der Waals surface area (Å²) in [6.45, 7) is 4.43. The van der Waals surface area contributed by atoms with Gasteiger partial charge >= 0.3 is 4.33 Å². The molecular weight excluding hydrogens is 392 g/mol. The van der Waals surface area contributed by atoms with Gasteiger partial charge in [0.05, 0.1) is 17.5 Å². The zero-order valence-corrected chi connectivity index (χ0v) is 18.0. The zero-order valence-electron chi connectivity index (χ0n) is 16.3. The molecule has 0 saturated carbocycles. The van der Waals surface area contributed by atoms with E-state index < -0.39 is 0 Å². The Balaban J connectivity index is 1.56. The van der Waals surface area contributed by atoms with Crippen LogP contribution in [0.1, 0.15) is 23.1 Å². The Morgan fingerprint density at radius 2 is 1.38 bits per heavy atom. The van der Waals surface area contributed by atoms with E-state index in [0.29, 0.717) is 0 Å². The average molecular weight is 415 g/mol. The molecule has 142 valence electrons. The number of rotatable bonds is 1. The molecule has 0 N–H and O–H groups in total. The molecule has 3 aliphatic rings. The van der Waals surface area contributed by atoms with Gasteiger partial charge in [-0.25, -0.2) is 0 Å². The second-order valence-corrected chi connectivity index (χ2v) is 10.5. The van der Waals surface area contributed by atoms with Gasteiger partial charge in [0.15, 0.2) is 25.5 Å². The van der Waals surface area contributed by atoms with Crippen molar-refractivity contribution in [1.29, 1.82) is 0 Å². The maximum atomic E-state index is 2.56. The Kier molecular flexibility index (Phi) is 4.00. The third-order valence-electron chi connectivity index (χ3n) is 5.96. The first-order valence-electron chi connectivity index (χ1n) is 10.1. The van der Waals surface area contributed by atoms with Gasteiger partial charge in [-0.15, -0.1) is 0 Å². The zero-order chi connectivity index (χ0) is 19.4.